The second-order valence-electron chi connectivity index (χ2n) is 14.6. The fourth-order valence-corrected chi connectivity index (χ4v) is 6.12. The maximum absolute atomic E-state index is 12.5. The number of hydrogen-bond acceptors (Lipinski definition) is 6. The summed E-state index contributed by atoms with van der Waals surface area (Å²) in [4.78, 5) is 37.2. The molecule has 0 bridgehead atoms. The maximum atomic E-state index is 12.5. The highest BCUT2D eigenvalue weighted by molar-refractivity contribution is 5.71. The fourth-order valence-electron chi connectivity index (χ4n) is 6.12. The van der Waals surface area contributed by atoms with Gasteiger partial charge < -0.3 is 14.2 Å². The third-order valence-corrected chi connectivity index (χ3v) is 9.46. The molecule has 1 unspecified atom stereocenters. The smallest absolute Gasteiger partial charge is 0.306 e. The molecule has 51 heavy (non-hydrogen) atoms. The number of carbonyl (C=O) groups excluding carboxylic acids is 3. The van der Waals surface area contributed by atoms with E-state index in [0.717, 1.165) is 64.2 Å². The predicted octanol–water partition coefficient (Wildman–Crippen LogP) is 13.6. The molecule has 0 rings (SSSR count). The SMILES string of the molecule is CCCCCCC/C=C\C/C=C\CCCCCCCCCCCC(=O)OCC(COC(=O)CCCCCCCC)OC(=O)CCCCCCCC. The minimum absolute atomic E-state index is 0.0716. The van der Waals surface area contributed by atoms with Crippen LogP contribution in [0.15, 0.2) is 24.3 Å². The Bertz CT molecular complexity index is 835. The van der Waals surface area contributed by atoms with Crippen molar-refractivity contribution in [2.75, 3.05) is 13.2 Å². The summed E-state index contributed by atoms with van der Waals surface area (Å²) in [6.07, 6.45) is 43.5. The quantitative estimate of drug-likeness (QED) is 0.0272. The van der Waals surface area contributed by atoms with Crippen LogP contribution >= 0.6 is 0 Å². The van der Waals surface area contributed by atoms with Crippen molar-refractivity contribution >= 4 is 17.9 Å². The third kappa shape index (κ3) is 38.9. The summed E-state index contributed by atoms with van der Waals surface area (Å²) in [5.41, 5.74) is 0. The van der Waals surface area contributed by atoms with E-state index in [1.807, 2.05) is 0 Å². The molecule has 0 aliphatic rings. The largest absolute Gasteiger partial charge is 0.462 e. The van der Waals surface area contributed by atoms with Crippen molar-refractivity contribution in [3.63, 3.8) is 0 Å². The zero-order valence-electron chi connectivity index (χ0n) is 33.9. The lowest BCUT2D eigenvalue weighted by Gasteiger charge is -2.18. The Hall–Kier alpha value is -2.11. The molecule has 0 saturated heterocycles. The molecule has 0 aromatic carbocycles. The van der Waals surface area contributed by atoms with Gasteiger partial charge in [-0.2, -0.15) is 0 Å². The summed E-state index contributed by atoms with van der Waals surface area (Å²) in [6.45, 7) is 6.49. The molecule has 0 aliphatic heterocycles. The zero-order chi connectivity index (χ0) is 37.3. The molecule has 0 N–H and O–H groups in total. The van der Waals surface area contributed by atoms with E-state index in [-0.39, 0.29) is 31.1 Å². The van der Waals surface area contributed by atoms with Crippen LogP contribution < -0.4 is 0 Å². The number of carbonyl (C=O) groups is 3. The normalized spacial score (nSPS) is 12.1. The van der Waals surface area contributed by atoms with Gasteiger partial charge in [0.15, 0.2) is 6.10 Å². The van der Waals surface area contributed by atoms with E-state index in [0.29, 0.717) is 19.3 Å². The first-order valence-electron chi connectivity index (χ1n) is 21.8. The van der Waals surface area contributed by atoms with Crippen molar-refractivity contribution in [2.24, 2.45) is 0 Å². The molecule has 0 aromatic heterocycles. The molecule has 0 radical (unpaired) electrons. The van der Waals surface area contributed by atoms with Crippen LogP contribution in [0.1, 0.15) is 226 Å². The van der Waals surface area contributed by atoms with E-state index < -0.39 is 6.10 Å². The van der Waals surface area contributed by atoms with Crippen LogP contribution in [-0.2, 0) is 28.6 Å². The number of unbranched alkanes of at least 4 members (excludes halogenated alkanes) is 24. The van der Waals surface area contributed by atoms with Crippen molar-refractivity contribution in [1.82, 2.24) is 0 Å². The van der Waals surface area contributed by atoms with Gasteiger partial charge >= 0.3 is 17.9 Å². The number of ether oxygens (including phenoxy) is 3. The molecular formula is C45H82O6. The van der Waals surface area contributed by atoms with Gasteiger partial charge in [-0.15, -0.1) is 0 Å². The number of allylic oxidation sites excluding steroid dienone is 4. The Morgan fingerprint density at radius 2 is 0.706 bits per heavy atom. The van der Waals surface area contributed by atoms with E-state index in [9.17, 15) is 14.4 Å². The van der Waals surface area contributed by atoms with Crippen LogP contribution in [0.4, 0.5) is 0 Å². The van der Waals surface area contributed by atoms with Gasteiger partial charge in [0.2, 0.25) is 0 Å². The fraction of sp³-hybridized carbons (Fsp3) is 0.844. The molecule has 298 valence electrons. The van der Waals surface area contributed by atoms with E-state index in [4.69, 9.17) is 14.2 Å². The standard InChI is InChI=1S/C45H82O6/c1-4-7-10-13-16-17-18-19-20-21-22-23-24-25-26-27-28-29-30-33-35-38-44(47)50-41-42(51-45(48)39-36-32-15-12-9-6-3)40-49-43(46)37-34-31-14-11-8-5-2/h18-19,21-22,42H,4-17,20,23-41H2,1-3H3/b19-18-,22-21-. The second-order valence-corrected chi connectivity index (χ2v) is 14.6. The van der Waals surface area contributed by atoms with Crippen LogP contribution in [0.2, 0.25) is 0 Å². The highest BCUT2D eigenvalue weighted by Gasteiger charge is 2.19. The molecule has 0 spiro atoms. The van der Waals surface area contributed by atoms with Gasteiger partial charge in [0.1, 0.15) is 13.2 Å². The van der Waals surface area contributed by atoms with Gasteiger partial charge in [0.25, 0.3) is 0 Å². The molecule has 0 aliphatic carbocycles. The number of esters is 3. The van der Waals surface area contributed by atoms with Gasteiger partial charge in [-0.3, -0.25) is 14.4 Å². The highest BCUT2D eigenvalue weighted by Crippen LogP contribution is 2.14. The summed E-state index contributed by atoms with van der Waals surface area (Å²) in [7, 11) is 0. The summed E-state index contributed by atoms with van der Waals surface area (Å²) in [5.74, 6) is -0.894. The zero-order valence-corrected chi connectivity index (χ0v) is 33.9. The predicted molar refractivity (Wildman–Crippen MR) is 215 cm³/mol. The van der Waals surface area contributed by atoms with E-state index in [2.05, 4.69) is 45.1 Å². The molecule has 6 heteroatoms. The van der Waals surface area contributed by atoms with Gasteiger partial charge in [-0.25, -0.2) is 0 Å². The first-order valence-corrected chi connectivity index (χ1v) is 21.8. The number of hydrogen-bond donors (Lipinski definition) is 0. The minimum atomic E-state index is -0.761. The van der Waals surface area contributed by atoms with Crippen LogP contribution in [0, 0.1) is 0 Å². The van der Waals surface area contributed by atoms with E-state index in [1.165, 1.54) is 122 Å². The van der Waals surface area contributed by atoms with Crippen molar-refractivity contribution in [3.05, 3.63) is 24.3 Å². The first-order chi connectivity index (χ1) is 25.0. The van der Waals surface area contributed by atoms with Gasteiger partial charge in [0, 0.05) is 19.3 Å². The van der Waals surface area contributed by atoms with Crippen molar-refractivity contribution in [1.29, 1.82) is 0 Å². The molecule has 6 nitrogen and oxygen atoms in total. The van der Waals surface area contributed by atoms with Crippen LogP contribution in [0.5, 0.6) is 0 Å². The lowest BCUT2D eigenvalue weighted by atomic mass is 10.1. The maximum Gasteiger partial charge on any atom is 0.306 e. The van der Waals surface area contributed by atoms with Crippen molar-refractivity contribution in [2.45, 2.75) is 232 Å². The second kappa shape index (κ2) is 40.7. The molecule has 0 heterocycles. The Labute approximate surface area is 315 Å². The van der Waals surface area contributed by atoms with Crippen molar-refractivity contribution in [3.8, 4) is 0 Å². The lowest BCUT2D eigenvalue weighted by Crippen LogP contribution is -2.30. The van der Waals surface area contributed by atoms with E-state index in [1.54, 1.807) is 0 Å². The van der Waals surface area contributed by atoms with Crippen LogP contribution in [0.25, 0.3) is 0 Å². The minimum Gasteiger partial charge on any atom is -0.462 e. The Morgan fingerprint density at radius 1 is 0.392 bits per heavy atom. The average Bonchev–Trinajstić information content (AvgIpc) is 3.13. The summed E-state index contributed by atoms with van der Waals surface area (Å²) in [6, 6.07) is 0. The monoisotopic (exact) mass is 719 g/mol. The Morgan fingerprint density at radius 3 is 1.08 bits per heavy atom. The van der Waals surface area contributed by atoms with Crippen LogP contribution in [0.3, 0.4) is 0 Å². The number of rotatable bonds is 39. The first kappa shape index (κ1) is 48.9. The Kier molecular flexibility index (Phi) is 39.0. The summed E-state index contributed by atoms with van der Waals surface area (Å²) in [5, 5.41) is 0. The topological polar surface area (TPSA) is 78.9 Å². The van der Waals surface area contributed by atoms with Gasteiger partial charge in [-0.1, -0.05) is 180 Å². The molecule has 0 aromatic rings. The van der Waals surface area contributed by atoms with Gasteiger partial charge in [0.05, 0.1) is 0 Å². The summed E-state index contributed by atoms with van der Waals surface area (Å²) >= 11 is 0. The molecule has 0 amide bonds. The molecular weight excluding hydrogens is 636 g/mol. The van der Waals surface area contributed by atoms with Gasteiger partial charge in [-0.05, 0) is 51.4 Å². The third-order valence-electron chi connectivity index (χ3n) is 9.46. The lowest BCUT2D eigenvalue weighted by molar-refractivity contribution is -0.167. The molecule has 1 atom stereocenters. The van der Waals surface area contributed by atoms with Crippen molar-refractivity contribution < 1.29 is 28.6 Å². The molecule has 0 fully saturated rings. The molecule has 0 saturated carbocycles. The Balaban J connectivity index is 4.05. The van der Waals surface area contributed by atoms with E-state index >= 15 is 0 Å². The average molecular weight is 719 g/mol. The van der Waals surface area contributed by atoms with Crippen LogP contribution in [-0.4, -0.2) is 37.2 Å². The summed E-state index contributed by atoms with van der Waals surface area (Å²) < 4.78 is 16.5. The highest BCUT2D eigenvalue weighted by atomic mass is 16.6.